The molecule has 0 atom stereocenters. The van der Waals surface area contributed by atoms with Crippen LogP contribution in [0.5, 0.6) is 5.75 Å². The van der Waals surface area contributed by atoms with E-state index in [2.05, 4.69) is 4.74 Å². The van der Waals surface area contributed by atoms with E-state index in [1.165, 1.54) is 37.8 Å². The monoisotopic (exact) mass is 360 g/mol. The summed E-state index contributed by atoms with van der Waals surface area (Å²) in [6, 6.07) is 6.42. The summed E-state index contributed by atoms with van der Waals surface area (Å²) in [5.41, 5.74) is 1.13. The molecule has 0 aliphatic heterocycles. The van der Waals surface area contributed by atoms with E-state index in [0.29, 0.717) is 11.3 Å². The highest BCUT2D eigenvalue weighted by atomic mass is 35.5. The lowest BCUT2D eigenvalue weighted by atomic mass is 9.70. The smallest absolute Gasteiger partial charge is 0.406 e. The Morgan fingerprint density at radius 3 is 1.79 bits per heavy atom. The zero-order valence-corrected chi connectivity index (χ0v) is 14.5. The number of ether oxygens (including phenoxy) is 1. The van der Waals surface area contributed by atoms with E-state index in [4.69, 9.17) is 11.6 Å². The molecule has 0 radical (unpaired) electrons. The highest BCUT2D eigenvalue weighted by Gasteiger charge is 2.32. The highest BCUT2D eigenvalue weighted by molar-refractivity contribution is 6.20. The summed E-state index contributed by atoms with van der Waals surface area (Å²) >= 11 is 6.20. The summed E-state index contributed by atoms with van der Waals surface area (Å²) in [6.45, 7) is 0. The van der Waals surface area contributed by atoms with E-state index < -0.39 is 6.36 Å². The van der Waals surface area contributed by atoms with Crippen molar-refractivity contribution in [1.29, 1.82) is 0 Å². The summed E-state index contributed by atoms with van der Waals surface area (Å²) < 4.78 is 40.6. The van der Waals surface area contributed by atoms with Crippen molar-refractivity contribution in [2.24, 2.45) is 11.8 Å². The molecule has 24 heavy (non-hydrogen) atoms. The molecule has 134 valence electrons. The van der Waals surface area contributed by atoms with Crippen molar-refractivity contribution in [3.63, 3.8) is 0 Å². The van der Waals surface area contributed by atoms with Gasteiger partial charge in [0.2, 0.25) is 0 Å². The topological polar surface area (TPSA) is 9.23 Å². The van der Waals surface area contributed by atoms with Crippen molar-refractivity contribution in [3.8, 4) is 5.75 Å². The second-order valence-electron chi connectivity index (χ2n) is 7.24. The summed E-state index contributed by atoms with van der Waals surface area (Å²) in [7, 11) is 0. The third kappa shape index (κ3) is 4.81. The molecule has 5 heteroatoms. The summed E-state index contributed by atoms with van der Waals surface area (Å²) in [5.74, 6) is 1.95. The Labute approximate surface area is 146 Å². The molecule has 2 saturated carbocycles. The molecule has 0 saturated heterocycles. The Morgan fingerprint density at radius 1 is 0.792 bits per heavy atom. The van der Waals surface area contributed by atoms with Gasteiger partial charge < -0.3 is 4.74 Å². The number of alkyl halides is 4. The molecule has 2 fully saturated rings. The van der Waals surface area contributed by atoms with E-state index in [9.17, 15) is 13.2 Å². The predicted molar refractivity (Wildman–Crippen MR) is 89.4 cm³/mol. The molecule has 0 amide bonds. The number of rotatable bonds is 3. The molecule has 0 bridgehead atoms. The van der Waals surface area contributed by atoms with Gasteiger partial charge in [0.05, 0.1) is 0 Å². The van der Waals surface area contributed by atoms with Gasteiger partial charge >= 0.3 is 6.36 Å². The molecule has 0 unspecified atom stereocenters. The molecule has 1 aromatic rings. The lowest BCUT2D eigenvalue weighted by Gasteiger charge is -2.37. The third-order valence-corrected chi connectivity index (χ3v) is 6.16. The molecule has 2 aliphatic rings. The summed E-state index contributed by atoms with van der Waals surface area (Å²) in [5, 5.41) is 0.370. The second kappa shape index (κ2) is 7.55. The zero-order chi connectivity index (χ0) is 17.2. The van der Waals surface area contributed by atoms with Crippen molar-refractivity contribution in [2.75, 3.05) is 0 Å². The first kappa shape index (κ1) is 17.9. The largest absolute Gasteiger partial charge is 0.573 e. The average molecular weight is 361 g/mol. The van der Waals surface area contributed by atoms with Gasteiger partial charge in [-0.3, -0.25) is 0 Å². The van der Waals surface area contributed by atoms with Crippen LogP contribution < -0.4 is 4.74 Å². The Bertz CT molecular complexity index is 512. The molecule has 0 heterocycles. The Morgan fingerprint density at radius 2 is 1.29 bits per heavy atom. The quantitative estimate of drug-likeness (QED) is 0.548. The van der Waals surface area contributed by atoms with Gasteiger partial charge in [-0.1, -0.05) is 12.1 Å². The molecule has 0 aromatic heterocycles. The molecular formula is C19H24ClF3O. The van der Waals surface area contributed by atoms with E-state index in [1.807, 2.05) is 0 Å². The SMILES string of the molecule is FC(F)(F)Oc1ccc(C2CCC(C3CCC(Cl)CC3)CC2)cc1. The minimum absolute atomic E-state index is 0.141. The molecule has 3 rings (SSSR count). The van der Waals surface area contributed by atoms with Crippen LogP contribution in [0.4, 0.5) is 13.2 Å². The number of halogens is 4. The van der Waals surface area contributed by atoms with Gasteiger partial charge in [0.1, 0.15) is 5.75 Å². The number of hydrogen-bond donors (Lipinski definition) is 0. The average Bonchev–Trinajstić information content (AvgIpc) is 2.55. The van der Waals surface area contributed by atoms with Crippen LogP contribution in [0.15, 0.2) is 24.3 Å². The van der Waals surface area contributed by atoms with E-state index in [1.54, 1.807) is 12.1 Å². The van der Waals surface area contributed by atoms with Gasteiger partial charge in [0.15, 0.2) is 0 Å². The van der Waals surface area contributed by atoms with Gasteiger partial charge in [0.25, 0.3) is 0 Å². The van der Waals surface area contributed by atoms with E-state index in [0.717, 1.165) is 43.1 Å². The minimum Gasteiger partial charge on any atom is -0.406 e. The van der Waals surface area contributed by atoms with Crippen molar-refractivity contribution in [1.82, 2.24) is 0 Å². The van der Waals surface area contributed by atoms with Gasteiger partial charge in [-0.15, -0.1) is 24.8 Å². The van der Waals surface area contributed by atoms with Gasteiger partial charge in [-0.05, 0) is 86.8 Å². The lowest BCUT2D eigenvalue weighted by molar-refractivity contribution is -0.274. The molecule has 2 aliphatic carbocycles. The maximum atomic E-state index is 12.2. The normalized spacial score (nSPS) is 31.7. The first-order valence-corrected chi connectivity index (χ1v) is 9.34. The molecule has 0 spiro atoms. The summed E-state index contributed by atoms with van der Waals surface area (Å²) in [6.07, 6.45) is 4.89. The fourth-order valence-corrected chi connectivity index (χ4v) is 4.67. The van der Waals surface area contributed by atoms with Crippen LogP contribution in [-0.2, 0) is 0 Å². The fourth-order valence-electron chi connectivity index (χ4n) is 4.42. The minimum atomic E-state index is -4.62. The number of hydrogen-bond acceptors (Lipinski definition) is 1. The van der Waals surface area contributed by atoms with Crippen LogP contribution in [0.2, 0.25) is 0 Å². The molecule has 1 aromatic carbocycles. The van der Waals surface area contributed by atoms with E-state index in [-0.39, 0.29) is 5.75 Å². The standard InChI is InChI=1S/C19H24ClF3O/c20-17-9-5-15(6-10-17)13-1-3-14(4-2-13)16-7-11-18(12-8-16)24-19(21,22)23/h7-8,11-15,17H,1-6,9-10H2. The zero-order valence-electron chi connectivity index (χ0n) is 13.7. The van der Waals surface area contributed by atoms with Crippen LogP contribution in [-0.4, -0.2) is 11.7 Å². The predicted octanol–water partition coefficient (Wildman–Crippen LogP) is 6.66. The van der Waals surface area contributed by atoms with Crippen molar-refractivity contribution < 1.29 is 17.9 Å². The van der Waals surface area contributed by atoms with Crippen LogP contribution in [0.3, 0.4) is 0 Å². The maximum Gasteiger partial charge on any atom is 0.573 e. The van der Waals surface area contributed by atoms with Crippen molar-refractivity contribution in [3.05, 3.63) is 29.8 Å². The first-order chi connectivity index (χ1) is 11.4. The Balaban J connectivity index is 1.51. The van der Waals surface area contributed by atoms with Crippen LogP contribution in [0, 0.1) is 11.8 Å². The van der Waals surface area contributed by atoms with Crippen molar-refractivity contribution in [2.45, 2.75) is 69.0 Å². The fraction of sp³-hybridized carbons (Fsp3) is 0.684. The van der Waals surface area contributed by atoms with Crippen LogP contribution in [0.1, 0.15) is 62.8 Å². The number of benzene rings is 1. The first-order valence-electron chi connectivity index (χ1n) is 8.90. The summed E-state index contributed by atoms with van der Waals surface area (Å²) in [4.78, 5) is 0. The van der Waals surface area contributed by atoms with Gasteiger partial charge in [-0.25, -0.2) is 0 Å². The Kier molecular flexibility index (Phi) is 5.63. The Hall–Kier alpha value is -0.900. The maximum absolute atomic E-state index is 12.2. The van der Waals surface area contributed by atoms with E-state index >= 15 is 0 Å². The van der Waals surface area contributed by atoms with Gasteiger partial charge in [0, 0.05) is 5.38 Å². The molecule has 0 N–H and O–H groups in total. The van der Waals surface area contributed by atoms with Gasteiger partial charge in [-0.2, -0.15) is 0 Å². The van der Waals surface area contributed by atoms with Crippen LogP contribution >= 0.6 is 11.6 Å². The highest BCUT2D eigenvalue weighted by Crippen LogP contribution is 2.43. The second-order valence-corrected chi connectivity index (χ2v) is 7.86. The molecular weight excluding hydrogens is 337 g/mol. The van der Waals surface area contributed by atoms with Crippen LogP contribution in [0.25, 0.3) is 0 Å². The third-order valence-electron chi connectivity index (χ3n) is 5.72. The van der Waals surface area contributed by atoms with Crippen molar-refractivity contribution >= 4 is 11.6 Å². The lowest BCUT2D eigenvalue weighted by Crippen LogP contribution is -2.25. The molecule has 1 nitrogen and oxygen atoms in total.